The van der Waals surface area contributed by atoms with Crippen LogP contribution in [-0.4, -0.2) is 59.0 Å². The van der Waals surface area contributed by atoms with Crippen LogP contribution in [-0.2, 0) is 11.2 Å². The molecule has 2 fully saturated rings. The highest BCUT2D eigenvalue weighted by atomic mass is 16.6. The fourth-order valence-corrected chi connectivity index (χ4v) is 3.50. The van der Waals surface area contributed by atoms with E-state index in [9.17, 15) is 9.59 Å². The topological polar surface area (TPSA) is 99.4 Å². The van der Waals surface area contributed by atoms with Gasteiger partial charge in [-0.25, -0.2) is 9.59 Å². The van der Waals surface area contributed by atoms with Gasteiger partial charge in [0.05, 0.1) is 12.2 Å². The predicted molar refractivity (Wildman–Crippen MR) is 87.8 cm³/mol. The van der Waals surface area contributed by atoms with Crippen LogP contribution >= 0.6 is 0 Å². The van der Waals surface area contributed by atoms with Gasteiger partial charge in [-0.3, -0.25) is 5.10 Å². The van der Waals surface area contributed by atoms with E-state index >= 15 is 0 Å². The van der Waals surface area contributed by atoms with Crippen molar-refractivity contribution in [1.29, 1.82) is 0 Å². The second-order valence-electron chi connectivity index (χ2n) is 6.66. The van der Waals surface area contributed by atoms with Crippen LogP contribution in [0.5, 0.6) is 0 Å². The molecule has 3 amide bonds. The smallest absolute Gasteiger partial charge is 0.407 e. The van der Waals surface area contributed by atoms with Gasteiger partial charge >= 0.3 is 12.1 Å². The van der Waals surface area contributed by atoms with E-state index in [1.54, 1.807) is 0 Å². The van der Waals surface area contributed by atoms with Gasteiger partial charge in [-0.2, -0.15) is 5.10 Å². The minimum atomic E-state index is -0.433. The number of hydrogen-bond donors (Lipinski definition) is 3. The van der Waals surface area contributed by atoms with Gasteiger partial charge in [-0.15, -0.1) is 0 Å². The highest BCUT2D eigenvalue weighted by Gasteiger charge is 2.41. The average Bonchev–Trinajstić information content (AvgIpc) is 2.98. The summed E-state index contributed by atoms with van der Waals surface area (Å²) in [5.41, 5.74) is 2.76. The highest BCUT2D eigenvalue weighted by Crippen LogP contribution is 2.29. The number of aryl methyl sites for hydroxylation is 2. The largest absolute Gasteiger partial charge is 0.441 e. The molecule has 0 saturated carbocycles. The molecule has 0 bridgehead atoms. The maximum absolute atomic E-state index is 12.4. The van der Waals surface area contributed by atoms with Crippen LogP contribution in [0, 0.1) is 13.8 Å². The van der Waals surface area contributed by atoms with Crippen LogP contribution in [0.15, 0.2) is 0 Å². The van der Waals surface area contributed by atoms with Crippen LogP contribution in [0.2, 0.25) is 0 Å². The zero-order valence-electron chi connectivity index (χ0n) is 14.3. The quantitative estimate of drug-likeness (QED) is 0.774. The predicted octanol–water partition coefficient (Wildman–Crippen LogP) is 1.24. The summed E-state index contributed by atoms with van der Waals surface area (Å²) in [5.74, 6) is 0. The van der Waals surface area contributed by atoms with Crippen molar-refractivity contribution in [3.8, 4) is 0 Å². The Bertz CT molecular complexity index is 610. The van der Waals surface area contributed by atoms with Crippen molar-refractivity contribution >= 4 is 12.1 Å². The maximum Gasteiger partial charge on any atom is 0.407 e. The first-order valence-electron chi connectivity index (χ1n) is 8.49. The number of likely N-dealkylation sites (tertiary alicyclic amines) is 1. The van der Waals surface area contributed by atoms with Gasteiger partial charge in [0.25, 0.3) is 0 Å². The lowest BCUT2D eigenvalue weighted by Gasteiger charge is -2.25. The van der Waals surface area contributed by atoms with Crippen LogP contribution < -0.4 is 10.6 Å². The molecule has 2 saturated heterocycles. The Balaban J connectivity index is 1.48. The van der Waals surface area contributed by atoms with E-state index in [4.69, 9.17) is 4.74 Å². The minimum Gasteiger partial charge on any atom is -0.441 e. The van der Waals surface area contributed by atoms with Gasteiger partial charge < -0.3 is 20.3 Å². The molecule has 0 aliphatic carbocycles. The molecular formula is C16H25N5O3. The maximum atomic E-state index is 12.4. The van der Waals surface area contributed by atoms with Crippen molar-refractivity contribution in [2.75, 3.05) is 26.2 Å². The molecule has 3 rings (SSSR count). The number of aromatic nitrogens is 2. The van der Waals surface area contributed by atoms with Crippen molar-refractivity contribution in [3.05, 3.63) is 17.0 Å². The van der Waals surface area contributed by atoms with Crippen molar-refractivity contribution in [2.24, 2.45) is 0 Å². The standard InChI is InChI=1S/C16H25N5O3/c1-11-13(12(2)20-19-11)4-7-17-14(22)21-8-3-5-16(6-9-21)10-18-15(23)24-16/h3-10H2,1-2H3,(H,17,22)(H,18,23)(H,19,20)/t16-/m0/s1. The number of alkyl carbamates (subject to hydrolysis) is 1. The van der Waals surface area contributed by atoms with Gasteiger partial charge in [-0.05, 0) is 38.7 Å². The summed E-state index contributed by atoms with van der Waals surface area (Å²) in [7, 11) is 0. The fourth-order valence-electron chi connectivity index (χ4n) is 3.50. The van der Waals surface area contributed by atoms with E-state index in [1.165, 1.54) is 0 Å². The second kappa shape index (κ2) is 6.70. The number of rotatable bonds is 3. The normalized spacial score (nSPS) is 23.8. The Hall–Kier alpha value is -2.25. The van der Waals surface area contributed by atoms with Crippen LogP contribution in [0.1, 0.15) is 36.2 Å². The summed E-state index contributed by atoms with van der Waals surface area (Å²) in [6, 6.07) is -0.0527. The Morgan fingerprint density at radius 2 is 2.21 bits per heavy atom. The number of nitrogens with one attached hydrogen (secondary N) is 3. The third-order valence-corrected chi connectivity index (χ3v) is 4.98. The molecule has 132 valence electrons. The molecule has 0 aromatic carbocycles. The molecule has 1 aromatic rings. The van der Waals surface area contributed by atoms with Crippen molar-refractivity contribution in [2.45, 2.75) is 45.1 Å². The van der Waals surface area contributed by atoms with Gasteiger partial charge in [0.15, 0.2) is 0 Å². The van der Waals surface area contributed by atoms with Gasteiger partial charge in [0, 0.05) is 31.7 Å². The first-order valence-corrected chi connectivity index (χ1v) is 8.49. The average molecular weight is 335 g/mol. The Labute approximate surface area is 141 Å². The first-order chi connectivity index (χ1) is 11.5. The lowest BCUT2D eigenvalue weighted by atomic mass is 9.95. The third kappa shape index (κ3) is 3.47. The van der Waals surface area contributed by atoms with Crippen molar-refractivity contribution < 1.29 is 14.3 Å². The zero-order valence-corrected chi connectivity index (χ0v) is 14.3. The molecular weight excluding hydrogens is 310 g/mol. The Morgan fingerprint density at radius 1 is 1.38 bits per heavy atom. The van der Waals surface area contributed by atoms with E-state index in [0.29, 0.717) is 32.6 Å². The molecule has 3 N–H and O–H groups in total. The zero-order chi connectivity index (χ0) is 17.2. The van der Waals surface area contributed by atoms with Crippen LogP contribution in [0.25, 0.3) is 0 Å². The molecule has 0 unspecified atom stereocenters. The number of amides is 3. The van der Waals surface area contributed by atoms with Crippen molar-refractivity contribution in [1.82, 2.24) is 25.7 Å². The summed E-state index contributed by atoms with van der Waals surface area (Å²) < 4.78 is 5.44. The van der Waals surface area contributed by atoms with Crippen LogP contribution in [0.3, 0.4) is 0 Å². The minimum absolute atomic E-state index is 0.0527. The summed E-state index contributed by atoms with van der Waals surface area (Å²) in [6.07, 6.45) is 2.72. The second-order valence-corrected chi connectivity index (χ2v) is 6.66. The number of aromatic amines is 1. The molecule has 3 heterocycles. The van der Waals surface area contributed by atoms with Gasteiger partial charge in [0.2, 0.25) is 0 Å². The number of carbonyl (C=O) groups excluding carboxylic acids is 2. The highest BCUT2D eigenvalue weighted by molar-refractivity contribution is 5.74. The molecule has 24 heavy (non-hydrogen) atoms. The number of ether oxygens (including phenoxy) is 1. The van der Waals surface area contributed by atoms with Crippen molar-refractivity contribution in [3.63, 3.8) is 0 Å². The number of H-pyrrole nitrogens is 1. The summed E-state index contributed by atoms with van der Waals surface area (Å²) >= 11 is 0. The lowest BCUT2D eigenvalue weighted by Crippen LogP contribution is -2.42. The number of urea groups is 1. The molecule has 1 atom stereocenters. The summed E-state index contributed by atoms with van der Waals surface area (Å²) in [5, 5.41) is 12.8. The van der Waals surface area contributed by atoms with E-state index < -0.39 is 5.60 Å². The first kappa shape index (κ1) is 16.6. The molecule has 1 spiro atoms. The van der Waals surface area contributed by atoms with Gasteiger partial charge in [0.1, 0.15) is 5.60 Å². The Kier molecular flexibility index (Phi) is 4.64. The fraction of sp³-hybridized carbons (Fsp3) is 0.688. The number of hydrogen-bond acceptors (Lipinski definition) is 4. The number of carbonyl (C=O) groups is 2. The van der Waals surface area contributed by atoms with Gasteiger partial charge in [-0.1, -0.05) is 0 Å². The monoisotopic (exact) mass is 335 g/mol. The van der Waals surface area contributed by atoms with E-state index in [2.05, 4.69) is 20.8 Å². The van der Waals surface area contributed by atoms with Crippen LogP contribution in [0.4, 0.5) is 9.59 Å². The lowest BCUT2D eigenvalue weighted by molar-refractivity contribution is 0.0453. The van der Waals surface area contributed by atoms with E-state index in [1.807, 2.05) is 18.7 Å². The third-order valence-electron chi connectivity index (χ3n) is 4.98. The van der Waals surface area contributed by atoms with E-state index in [-0.39, 0.29) is 12.1 Å². The summed E-state index contributed by atoms with van der Waals surface area (Å²) in [6.45, 7) is 6.37. The Morgan fingerprint density at radius 3 is 2.88 bits per heavy atom. The summed E-state index contributed by atoms with van der Waals surface area (Å²) in [4.78, 5) is 25.5. The molecule has 8 nitrogen and oxygen atoms in total. The number of nitrogens with zero attached hydrogens (tertiary/aromatic N) is 2. The molecule has 8 heteroatoms. The molecule has 2 aliphatic rings. The SMILES string of the molecule is Cc1n[nH]c(C)c1CCNC(=O)N1CCC[C@]2(CC1)CNC(=O)O2. The molecule has 0 radical (unpaired) electrons. The molecule has 2 aliphatic heterocycles. The molecule has 1 aromatic heterocycles. The van der Waals surface area contributed by atoms with E-state index in [0.717, 1.165) is 36.2 Å².